The van der Waals surface area contributed by atoms with Crippen LogP contribution < -0.4 is 30.4 Å². The van der Waals surface area contributed by atoms with Crippen LogP contribution in [0.15, 0.2) is 42.5 Å². The van der Waals surface area contributed by atoms with Crippen molar-refractivity contribution < 1.29 is 19.0 Å². The number of hydrazine groups is 1. The number of methoxy groups -OCH3 is 3. The van der Waals surface area contributed by atoms with Crippen LogP contribution in [0.2, 0.25) is 0 Å². The molecular formula is C22H29N3O4. The second-order valence-electron chi connectivity index (χ2n) is 7.09. The quantitative estimate of drug-likeness (QED) is 0.632. The van der Waals surface area contributed by atoms with E-state index in [0.717, 1.165) is 11.1 Å². The van der Waals surface area contributed by atoms with Gasteiger partial charge in [0.2, 0.25) is 11.7 Å². The maximum Gasteiger partial charge on any atom is 0.221 e. The number of amides is 1. The molecule has 1 saturated heterocycles. The van der Waals surface area contributed by atoms with Crippen LogP contribution in [0.5, 0.6) is 17.2 Å². The first kappa shape index (κ1) is 21.0. The van der Waals surface area contributed by atoms with E-state index in [-0.39, 0.29) is 24.0 Å². The van der Waals surface area contributed by atoms with Crippen LogP contribution in [0.4, 0.5) is 0 Å². The Labute approximate surface area is 171 Å². The predicted molar refractivity (Wildman–Crippen MR) is 111 cm³/mol. The van der Waals surface area contributed by atoms with E-state index in [0.29, 0.717) is 30.1 Å². The number of carbonyl (C=O) groups is 1. The molecule has 3 unspecified atom stereocenters. The van der Waals surface area contributed by atoms with Crippen molar-refractivity contribution in [3.8, 4) is 17.2 Å². The first-order valence-corrected chi connectivity index (χ1v) is 9.71. The van der Waals surface area contributed by atoms with Crippen molar-refractivity contribution in [2.75, 3.05) is 21.3 Å². The summed E-state index contributed by atoms with van der Waals surface area (Å²) >= 11 is 0. The summed E-state index contributed by atoms with van der Waals surface area (Å²) in [6.45, 7) is 2.07. The molecule has 2 aromatic rings. The van der Waals surface area contributed by atoms with Gasteiger partial charge >= 0.3 is 0 Å². The van der Waals surface area contributed by atoms with Crippen LogP contribution in [-0.4, -0.2) is 39.4 Å². The zero-order valence-electron chi connectivity index (χ0n) is 17.3. The van der Waals surface area contributed by atoms with Crippen LogP contribution in [0, 0.1) is 0 Å². The maximum absolute atomic E-state index is 12.6. The highest BCUT2D eigenvalue weighted by molar-refractivity contribution is 5.76. The van der Waals surface area contributed by atoms with E-state index in [9.17, 15) is 4.79 Å². The summed E-state index contributed by atoms with van der Waals surface area (Å²) in [6.07, 6.45) is 0.881. The standard InChI is InChI=1S/C22H29N3O4/c1-14-20(16-12-17(27-2)21(29-4)18(13-16)28-3)22(25-24-14)23-19(26)11-10-15-8-6-5-7-9-15/h5-9,12-14,20,22,24-25H,10-11H2,1-4H3,(H,23,26). The van der Waals surface area contributed by atoms with Gasteiger partial charge in [0.25, 0.3) is 0 Å². The van der Waals surface area contributed by atoms with Crippen molar-refractivity contribution in [3.05, 3.63) is 53.6 Å². The summed E-state index contributed by atoms with van der Waals surface area (Å²) < 4.78 is 16.4. The molecular weight excluding hydrogens is 370 g/mol. The average molecular weight is 399 g/mol. The molecule has 0 radical (unpaired) electrons. The third kappa shape index (κ3) is 4.81. The van der Waals surface area contributed by atoms with Crippen LogP contribution in [0.25, 0.3) is 0 Å². The smallest absolute Gasteiger partial charge is 0.221 e. The molecule has 3 atom stereocenters. The fourth-order valence-electron chi connectivity index (χ4n) is 3.74. The Morgan fingerprint density at radius 2 is 1.66 bits per heavy atom. The minimum atomic E-state index is -0.254. The van der Waals surface area contributed by atoms with Crippen LogP contribution >= 0.6 is 0 Å². The summed E-state index contributed by atoms with van der Waals surface area (Å²) in [7, 11) is 4.77. The first-order valence-electron chi connectivity index (χ1n) is 9.71. The average Bonchev–Trinajstić information content (AvgIpc) is 3.11. The Kier molecular flexibility index (Phi) is 6.95. The van der Waals surface area contributed by atoms with Crippen LogP contribution in [-0.2, 0) is 11.2 Å². The summed E-state index contributed by atoms with van der Waals surface area (Å²) in [6, 6.07) is 14.0. The molecule has 2 aromatic carbocycles. The molecule has 0 aromatic heterocycles. The monoisotopic (exact) mass is 399 g/mol. The molecule has 1 amide bonds. The van der Waals surface area contributed by atoms with E-state index in [2.05, 4.69) is 23.1 Å². The van der Waals surface area contributed by atoms with Gasteiger partial charge in [-0.15, -0.1) is 0 Å². The normalized spacial score (nSPS) is 20.9. The molecule has 7 nitrogen and oxygen atoms in total. The largest absolute Gasteiger partial charge is 0.493 e. The number of hydrogen-bond acceptors (Lipinski definition) is 6. The van der Waals surface area contributed by atoms with Crippen molar-refractivity contribution in [1.29, 1.82) is 0 Å². The summed E-state index contributed by atoms with van der Waals surface area (Å²) in [5.41, 5.74) is 8.55. The van der Waals surface area contributed by atoms with Gasteiger partial charge in [-0.25, -0.2) is 5.43 Å². The Balaban J connectivity index is 1.75. The van der Waals surface area contributed by atoms with Crippen molar-refractivity contribution in [2.45, 2.75) is 37.9 Å². The highest BCUT2D eigenvalue weighted by atomic mass is 16.5. The van der Waals surface area contributed by atoms with Gasteiger partial charge in [0.1, 0.15) is 6.17 Å². The zero-order valence-corrected chi connectivity index (χ0v) is 17.3. The molecule has 0 spiro atoms. The number of ether oxygens (including phenoxy) is 3. The highest BCUT2D eigenvalue weighted by Gasteiger charge is 2.36. The van der Waals surface area contributed by atoms with Crippen LogP contribution in [0.3, 0.4) is 0 Å². The molecule has 3 rings (SSSR count). The Bertz CT molecular complexity index is 803. The lowest BCUT2D eigenvalue weighted by molar-refractivity contribution is -0.122. The lowest BCUT2D eigenvalue weighted by atomic mass is 9.90. The van der Waals surface area contributed by atoms with Gasteiger partial charge in [-0.2, -0.15) is 0 Å². The molecule has 29 heavy (non-hydrogen) atoms. The summed E-state index contributed by atoms with van der Waals surface area (Å²) in [5, 5.41) is 3.11. The number of rotatable bonds is 8. The van der Waals surface area contributed by atoms with Crippen molar-refractivity contribution >= 4 is 5.91 Å². The van der Waals surface area contributed by atoms with Crippen molar-refractivity contribution in [3.63, 3.8) is 0 Å². The van der Waals surface area contributed by atoms with E-state index < -0.39 is 0 Å². The maximum atomic E-state index is 12.6. The number of nitrogens with one attached hydrogen (secondary N) is 3. The van der Waals surface area contributed by atoms with Crippen molar-refractivity contribution in [2.24, 2.45) is 0 Å². The van der Waals surface area contributed by atoms with Gasteiger partial charge in [0.15, 0.2) is 11.5 Å². The van der Waals surface area contributed by atoms with E-state index >= 15 is 0 Å². The number of carbonyl (C=O) groups excluding carboxylic acids is 1. The van der Waals surface area contributed by atoms with Gasteiger partial charge in [-0.3, -0.25) is 10.2 Å². The third-order valence-corrected chi connectivity index (χ3v) is 5.24. The molecule has 1 heterocycles. The van der Waals surface area contributed by atoms with Gasteiger partial charge in [0.05, 0.1) is 21.3 Å². The summed E-state index contributed by atoms with van der Waals surface area (Å²) in [4.78, 5) is 12.6. The van der Waals surface area contributed by atoms with E-state index in [1.54, 1.807) is 21.3 Å². The molecule has 1 aliphatic heterocycles. The topological polar surface area (TPSA) is 80.9 Å². The lowest BCUT2D eigenvalue weighted by Crippen LogP contribution is -2.46. The molecule has 156 valence electrons. The second-order valence-corrected chi connectivity index (χ2v) is 7.09. The van der Waals surface area contributed by atoms with Crippen molar-refractivity contribution in [1.82, 2.24) is 16.2 Å². The molecule has 7 heteroatoms. The highest BCUT2D eigenvalue weighted by Crippen LogP contribution is 2.41. The lowest BCUT2D eigenvalue weighted by Gasteiger charge is -2.24. The fraction of sp³-hybridized carbons (Fsp3) is 0.409. The predicted octanol–water partition coefficient (Wildman–Crippen LogP) is 2.37. The number of benzene rings is 2. The Hall–Kier alpha value is -2.77. The number of hydrogen-bond donors (Lipinski definition) is 3. The SMILES string of the molecule is COc1cc(C2C(C)NNC2NC(=O)CCc2ccccc2)cc(OC)c1OC. The third-order valence-electron chi connectivity index (χ3n) is 5.24. The second kappa shape index (κ2) is 9.62. The van der Waals surface area contributed by atoms with Gasteiger partial charge in [0, 0.05) is 18.4 Å². The van der Waals surface area contributed by atoms with Crippen LogP contribution in [0.1, 0.15) is 30.4 Å². The number of aryl methyl sites for hydroxylation is 1. The van der Waals surface area contributed by atoms with E-state index in [4.69, 9.17) is 14.2 Å². The molecule has 0 saturated carbocycles. The Morgan fingerprint density at radius 3 is 2.24 bits per heavy atom. The molecule has 0 aliphatic carbocycles. The Morgan fingerprint density at radius 1 is 1.00 bits per heavy atom. The van der Waals surface area contributed by atoms with Gasteiger partial charge in [-0.1, -0.05) is 30.3 Å². The minimum Gasteiger partial charge on any atom is -0.493 e. The van der Waals surface area contributed by atoms with E-state index in [1.807, 2.05) is 42.5 Å². The van der Waals surface area contributed by atoms with Gasteiger partial charge < -0.3 is 19.5 Å². The first-order chi connectivity index (χ1) is 14.1. The molecule has 1 aliphatic rings. The zero-order chi connectivity index (χ0) is 20.8. The molecule has 3 N–H and O–H groups in total. The van der Waals surface area contributed by atoms with E-state index in [1.165, 1.54) is 0 Å². The summed E-state index contributed by atoms with van der Waals surface area (Å²) in [5.74, 6) is 1.73. The minimum absolute atomic E-state index is 0.000283. The fourth-order valence-corrected chi connectivity index (χ4v) is 3.74. The molecule has 1 fully saturated rings. The molecule has 0 bridgehead atoms. The van der Waals surface area contributed by atoms with Gasteiger partial charge in [-0.05, 0) is 36.6 Å².